The lowest BCUT2D eigenvalue weighted by molar-refractivity contribution is 0.370. The molecule has 0 aromatic heterocycles. The minimum atomic E-state index is -1.23. The first-order chi connectivity index (χ1) is 4.31. The molecule has 50 valence electrons. The lowest BCUT2D eigenvalue weighted by atomic mass is 10.5. The topological polar surface area (TPSA) is 45.4 Å². The average Bonchev–Trinajstić information content (AvgIpc) is 1.89. The zero-order valence-corrected chi connectivity index (χ0v) is 7.19. The number of nitriles is 1. The van der Waals surface area contributed by atoms with Crippen LogP contribution < -0.4 is 0 Å². The highest BCUT2D eigenvalue weighted by molar-refractivity contribution is 7.80. The Hall–Kier alpha value is 0.270. The van der Waals surface area contributed by atoms with E-state index in [1.807, 2.05) is 6.07 Å². The third kappa shape index (κ3) is 6.15. The van der Waals surface area contributed by atoms with Gasteiger partial charge in [-0.05, 0) is 20.3 Å². The van der Waals surface area contributed by atoms with Crippen molar-refractivity contribution >= 4 is 27.9 Å². The zero-order chi connectivity index (χ0) is 7.11. The van der Waals surface area contributed by atoms with Gasteiger partial charge in [0.15, 0.2) is 0 Å². The van der Waals surface area contributed by atoms with E-state index in [-0.39, 0.29) is 0 Å². The van der Waals surface area contributed by atoms with E-state index in [1.165, 1.54) is 0 Å². The maximum atomic E-state index is 8.04. The van der Waals surface area contributed by atoms with Crippen LogP contribution in [-0.2, 0) is 4.52 Å². The van der Waals surface area contributed by atoms with Gasteiger partial charge in [0.1, 0.15) is 0 Å². The van der Waals surface area contributed by atoms with Crippen LogP contribution in [0.5, 0.6) is 0 Å². The fourth-order valence-corrected chi connectivity index (χ4v) is 0.875. The van der Waals surface area contributed by atoms with Crippen LogP contribution in [0.25, 0.3) is 0 Å². The largest absolute Gasteiger partial charge is 0.325 e. The molecular weight excluding hydrogens is 177 g/mol. The van der Waals surface area contributed by atoms with Crippen LogP contribution in [0.2, 0.25) is 0 Å². The Morgan fingerprint density at radius 3 is 3.00 bits per heavy atom. The summed E-state index contributed by atoms with van der Waals surface area (Å²) in [6.45, 7) is 0.347. The summed E-state index contributed by atoms with van der Waals surface area (Å²) < 4.78 is 8.29. The first-order valence-corrected chi connectivity index (χ1v) is 4.71. The highest BCUT2D eigenvalue weighted by Gasteiger charge is 1.98. The lowest BCUT2D eigenvalue weighted by Gasteiger charge is -1.98. The van der Waals surface area contributed by atoms with Gasteiger partial charge in [0.05, 0.1) is 19.1 Å². The van der Waals surface area contributed by atoms with E-state index in [9.17, 15) is 0 Å². The van der Waals surface area contributed by atoms with Crippen molar-refractivity contribution in [2.75, 3.05) is 6.61 Å². The van der Waals surface area contributed by atoms with E-state index < -0.39 is 7.65 Å². The van der Waals surface area contributed by atoms with Gasteiger partial charge in [-0.2, -0.15) is 5.26 Å². The van der Waals surface area contributed by atoms with Crippen LogP contribution in [0.15, 0.2) is 4.52 Å². The van der Waals surface area contributed by atoms with Crippen molar-refractivity contribution in [2.24, 2.45) is 4.52 Å². The Labute approximate surface area is 61.9 Å². The van der Waals surface area contributed by atoms with Crippen LogP contribution in [0.1, 0.15) is 6.42 Å². The Balaban J connectivity index is 3.08. The summed E-state index contributed by atoms with van der Waals surface area (Å²) in [5, 5.41) is 8.04. The second kappa shape index (κ2) is 6.39. The predicted molar refractivity (Wildman–Crippen MR) is 39.7 cm³/mol. The molecule has 0 spiro atoms. The smallest absolute Gasteiger partial charge is 0.260 e. The third-order valence-corrected chi connectivity index (χ3v) is 2.49. The molecule has 1 unspecified atom stereocenters. The van der Waals surface area contributed by atoms with Gasteiger partial charge in [0.2, 0.25) is 0 Å². The number of nitrogens with zero attached hydrogens (tertiary/aromatic N) is 2. The van der Waals surface area contributed by atoms with Gasteiger partial charge in [-0.25, -0.2) is 4.52 Å². The Bertz CT molecular complexity index is 125. The Morgan fingerprint density at radius 1 is 1.89 bits per heavy atom. The van der Waals surface area contributed by atoms with Crippen molar-refractivity contribution in [1.29, 1.82) is 5.26 Å². The third-order valence-electron chi connectivity index (χ3n) is 0.490. The van der Waals surface area contributed by atoms with Gasteiger partial charge in [-0.3, -0.25) is 0 Å². The predicted octanol–water partition coefficient (Wildman–Crippen LogP) is 2.71. The molecular formula is C3H5ClN2OP2. The molecule has 6 heteroatoms. The SMILES string of the molecule is N#CCCOP(Cl)N=P. The van der Waals surface area contributed by atoms with Gasteiger partial charge in [0, 0.05) is 0 Å². The van der Waals surface area contributed by atoms with Crippen LogP contribution in [0.3, 0.4) is 0 Å². The molecule has 0 N–H and O–H groups in total. The summed E-state index contributed by atoms with van der Waals surface area (Å²) in [6, 6.07) is 1.92. The quantitative estimate of drug-likeness (QED) is 0.496. The number of hydrogen-bond acceptors (Lipinski definition) is 3. The summed E-state index contributed by atoms with van der Waals surface area (Å²) in [5.41, 5.74) is 0. The molecule has 0 saturated heterocycles. The number of halogens is 1. The van der Waals surface area contributed by atoms with Crippen LogP contribution >= 0.6 is 27.9 Å². The minimum absolute atomic E-state index is 0.347. The van der Waals surface area contributed by atoms with E-state index >= 15 is 0 Å². The molecule has 0 bridgehead atoms. The standard InChI is InChI=1S/C3H5ClN2OP2/c4-9(6-8)7-3-1-2-5/h8H,1,3H2. The number of rotatable bonds is 4. The molecule has 0 aromatic carbocycles. The molecule has 0 aliphatic rings. The molecule has 3 nitrogen and oxygen atoms in total. The Morgan fingerprint density at radius 2 is 2.56 bits per heavy atom. The van der Waals surface area contributed by atoms with E-state index in [2.05, 4.69) is 13.5 Å². The molecule has 0 saturated carbocycles. The molecule has 0 amide bonds. The molecule has 0 fully saturated rings. The normalized spacial score (nSPS) is 12.0. The highest BCUT2D eigenvalue weighted by atomic mass is 35.7. The lowest BCUT2D eigenvalue weighted by Crippen LogP contribution is -1.81. The monoisotopic (exact) mass is 182 g/mol. The van der Waals surface area contributed by atoms with Gasteiger partial charge in [-0.1, -0.05) is 0 Å². The van der Waals surface area contributed by atoms with Gasteiger partial charge in [-0.15, -0.1) is 0 Å². The molecule has 0 heterocycles. The van der Waals surface area contributed by atoms with Crippen LogP contribution in [-0.4, -0.2) is 6.61 Å². The Kier molecular flexibility index (Phi) is 6.58. The van der Waals surface area contributed by atoms with Crippen molar-refractivity contribution in [3.8, 4) is 6.07 Å². The summed E-state index contributed by atoms with van der Waals surface area (Å²) in [6.07, 6.45) is 0.354. The van der Waals surface area contributed by atoms with Crippen LogP contribution in [0, 0.1) is 11.3 Å². The fraction of sp³-hybridized carbons (Fsp3) is 0.667. The highest BCUT2D eigenvalue weighted by Crippen LogP contribution is 2.44. The van der Waals surface area contributed by atoms with E-state index in [1.54, 1.807) is 0 Å². The molecule has 0 radical (unpaired) electrons. The average molecular weight is 182 g/mol. The molecule has 0 aliphatic heterocycles. The van der Waals surface area contributed by atoms with E-state index in [4.69, 9.17) is 21.0 Å². The number of hydrogen-bond donors (Lipinski definition) is 0. The van der Waals surface area contributed by atoms with Crippen molar-refractivity contribution in [3.63, 3.8) is 0 Å². The van der Waals surface area contributed by atoms with E-state index in [0.29, 0.717) is 13.0 Å². The van der Waals surface area contributed by atoms with Crippen molar-refractivity contribution < 1.29 is 4.52 Å². The maximum Gasteiger partial charge on any atom is 0.260 e. The van der Waals surface area contributed by atoms with Crippen molar-refractivity contribution in [2.45, 2.75) is 6.42 Å². The van der Waals surface area contributed by atoms with E-state index in [0.717, 1.165) is 0 Å². The molecule has 1 atom stereocenters. The van der Waals surface area contributed by atoms with Gasteiger partial charge >= 0.3 is 0 Å². The molecule has 0 aromatic rings. The second-order valence-electron chi connectivity index (χ2n) is 1.07. The maximum absolute atomic E-state index is 8.04. The summed E-state index contributed by atoms with van der Waals surface area (Å²) in [7, 11) is 1.59. The van der Waals surface area contributed by atoms with Gasteiger partial charge < -0.3 is 4.52 Å². The fourth-order valence-electron chi connectivity index (χ4n) is 0.195. The molecule has 0 aliphatic carbocycles. The van der Waals surface area contributed by atoms with Crippen molar-refractivity contribution in [3.05, 3.63) is 0 Å². The first-order valence-electron chi connectivity index (χ1n) is 2.14. The van der Waals surface area contributed by atoms with Gasteiger partial charge in [0.25, 0.3) is 7.65 Å². The van der Waals surface area contributed by atoms with Crippen LogP contribution in [0.4, 0.5) is 0 Å². The first kappa shape index (κ1) is 9.27. The summed E-state index contributed by atoms with van der Waals surface area (Å²) in [4.78, 5) is 0. The van der Waals surface area contributed by atoms with Crippen molar-refractivity contribution in [1.82, 2.24) is 0 Å². The minimum Gasteiger partial charge on any atom is -0.325 e. The summed E-state index contributed by atoms with van der Waals surface area (Å²) >= 11 is 5.42. The zero-order valence-electron chi connectivity index (χ0n) is 4.54. The molecule has 9 heavy (non-hydrogen) atoms. The molecule has 0 rings (SSSR count). The summed E-state index contributed by atoms with van der Waals surface area (Å²) in [5.74, 6) is 0. The second-order valence-corrected chi connectivity index (χ2v) is 3.45.